The second-order valence-corrected chi connectivity index (χ2v) is 4.56. The Morgan fingerprint density at radius 2 is 1.79 bits per heavy atom. The summed E-state index contributed by atoms with van der Waals surface area (Å²) >= 11 is 0. The largest absolute Gasteiger partial charge is 0.507 e. The van der Waals surface area contributed by atoms with Crippen molar-refractivity contribution in [2.75, 3.05) is 0 Å². The van der Waals surface area contributed by atoms with E-state index in [1.807, 2.05) is 26.0 Å². The SMILES string of the molecule is Cc1ccc(C)c2c1[nH]c(=O)c1c(O)cc(=O)oc12. The summed E-state index contributed by atoms with van der Waals surface area (Å²) in [6, 6.07) is 4.65. The van der Waals surface area contributed by atoms with Gasteiger partial charge in [0.2, 0.25) is 0 Å². The Labute approximate surface area is 107 Å². The predicted molar refractivity (Wildman–Crippen MR) is 71.7 cm³/mol. The maximum Gasteiger partial charge on any atom is 0.339 e. The third kappa shape index (κ3) is 1.55. The second-order valence-electron chi connectivity index (χ2n) is 4.56. The molecule has 3 rings (SSSR count). The minimum atomic E-state index is -0.683. The summed E-state index contributed by atoms with van der Waals surface area (Å²) in [5.41, 5.74) is 1.31. The van der Waals surface area contributed by atoms with E-state index in [0.717, 1.165) is 17.2 Å². The number of H-pyrrole nitrogens is 1. The van der Waals surface area contributed by atoms with Crippen LogP contribution in [0.2, 0.25) is 0 Å². The standard InChI is InChI=1S/C14H11NO4/c1-6-3-4-7(2)12-10(6)13-11(14(18)15-12)8(16)5-9(17)19-13/h3-5,16H,1-2H3,(H,15,18). The summed E-state index contributed by atoms with van der Waals surface area (Å²) in [4.78, 5) is 26.2. The first-order valence-corrected chi connectivity index (χ1v) is 5.78. The molecular weight excluding hydrogens is 246 g/mol. The second kappa shape index (κ2) is 3.71. The van der Waals surface area contributed by atoms with E-state index in [1.54, 1.807) is 0 Å². The van der Waals surface area contributed by atoms with Crippen LogP contribution in [0.25, 0.3) is 21.9 Å². The Hall–Kier alpha value is -2.56. The lowest BCUT2D eigenvalue weighted by Crippen LogP contribution is -2.10. The van der Waals surface area contributed by atoms with Gasteiger partial charge in [0.25, 0.3) is 5.56 Å². The molecule has 0 atom stereocenters. The average Bonchev–Trinajstić information content (AvgIpc) is 2.32. The molecule has 0 radical (unpaired) electrons. The van der Waals surface area contributed by atoms with Crippen molar-refractivity contribution in [2.45, 2.75) is 13.8 Å². The zero-order chi connectivity index (χ0) is 13.7. The molecule has 5 heteroatoms. The number of aromatic amines is 1. The molecule has 0 aliphatic rings. The highest BCUT2D eigenvalue weighted by atomic mass is 16.4. The summed E-state index contributed by atoms with van der Waals surface area (Å²) in [5, 5.41) is 10.4. The minimum Gasteiger partial charge on any atom is -0.507 e. The van der Waals surface area contributed by atoms with Gasteiger partial charge in [0.05, 0.1) is 11.6 Å². The fourth-order valence-electron chi connectivity index (χ4n) is 2.32. The lowest BCUT2D eigenvalue weighted by Gasteiger charge is -2.08. The van der Waals surface area contributed by atoms with Crippen LogP contribution in [0.5, 0.6) is 5.75 Å². The zero-order valence-corrected chi connectivity index (χ0v) is 10.4. The van der Waals surface area contributed by atoms with Gasteiger partial charge in [0.1, 0.15) is 11.1 Å². The first-order valence-electron chi connectivity index (χ1n) is 5.78. The first kappa shape index (κ1) is 11.5. The van der Waals surface area contributed by atoms with Crippen molar-refractivity contribution in [3.05, 3.63) is 50.1 Å². The van der Waals surface area contributed by atoms with Crippen molar-refractivity contribution in [1.29, 1.82) is 0 Å². The summed E-state index contributed by atoms with van der Waals surface area (Å²) in [7, 11) is 0. The molecule has 0 fully saturated rings. The molecular formula is C14H11NO4. The van der Waals surface area contributed by atoms with Crippen LogP contribution in [-0.2, 0) is 0 Å². The summed E-state index contributed by atoms with van der Waals surface area (Å²) < 4.78 is 5.14. The number of hydrogen-bond donors (Lipinski definition) is 2. The highest BCUT2D eigenvalue weighted by Gasteiger charge is 2.15. The third-order valence-electron chi connectivity index (χ3n) is 3.26. The molecule has 0 amide bonds. The number of rotatable bonds is 0. The van der Waals surface area contributed by atoms with Gasteiger partial charge in [-0.3, -0.25) is 4.79 Å². The van der Waals surface area contributed by atoms with Gasteiger partial charge in [0.15, 0.2) is 5.58 Å². The molecule has 0 aliphatic carbocycles. The lowest BCUT2D eigenvalue weighted by molar-refractivity contribution is 0.468. The molecule has 1 aromatic carbocycles. The van der Waals surface area contributed by atoms with Gasteiger partial charge in [-0.15, -0.1) is 0 Å². The van der Waals surface area contributed by atoms with Crippen LogP contribution >= 0.6 is 0 Å². The van der Waals surface area contributed by atoms with Crippen molar-refractivity contribution in [2.24, 2.45) is 0 Å². The molecule has 0 bridgehead atoms. The molecule has 0 unspecified atom stereocenters. The molecule has 2 N–H and O–H groups in total. The molecule has 2 heterocycles. The van der Waals surface area contributed by atoms with E-state index in [-0.39, 0.29) is 16.7 Å². The monoisotopic (exact) mass is 257 g/mol. The maximum atomic E-state index is 12.0. The summed E-state index contributed by atoms with van der Waals surface area (Å²) in [5.74, 6) is -0.365. The van der Waals surface area contributed by atoms with Gasteiger partial charge >= 0.3 is 5.63 Å². The number of aryl methyl sites for hydroxylation is 2. The van der Waals surface area contributed by atoms with E-state index in [9.17, 15) is 14.7 Å². The van der Waals surface area contributed by atoms with Gasteiger partial charge < -0.3 is 14.5 Å². The minimum absolute atomic E-state index is 0.000741. The van der Waals surface area contributed by atoms with E-state index in [4.69, 9.17) is 4.42 Å². The Balaban J connectivity index is 2.79. The molecule has 0 saturated carbocycles. The Kier molecular flexibility index (Phi) is 2.25. The van der Waals surface area contributed by atoms with Gasteiger partial charge in [-0.1, -0.05) is 12.1 Å². The Bertz CT molecular complexity index is 934. The van der Waals surface area contributed by atoms with Crippen LogP contribution in [0.4, 0.5) is 0 Å². The van der Waals surface area contributed by atoms with Crippen molar-refractivity contribution >= 4 is 21.9 Å². The quantitative estimate of drug-likeness (QED) is 0.603. The molecule has 0 spiro atoms. The smallest absolute Gasteiger partial charge is 0.339 e. The Morgan fingerprint density at radius 1 is 1.11 bits per heavy atom. The lowest BCUT2D eigenvalue weighted by atomic mass is 10.0. The van der Waals surface area contributed by atoms with E-state index < -0.39 is 11.2 Å². The van der Waals surface area contributed by atoms with E-state index in [2.05, 4.69) is 4.98 Å². The average molecular weight is 257 g/mol. The fourth-order valence-corrected chi connectivity index (χ4v) is 2.32. The van der Waals surface area contributed by atoms with E-state index in [1.165, 1.54) is 0 Å². The molecule has 3 aromatic rings. The number of aromatic hydroxyl groups is 1. The van der Waals surface area contributed by atoms with Crippen LogP contribution in [0.1, 0.15) is 11.1 Å². The van der Waals surface area contributed by atoms with Crippen molar-refractivity contribution in [3.8, 4) is 5.75 Å². The van der Waals surface area contributed by atoms with Crippen LogP contribution in [-0.4, -0.2) is 10.1 Å². The molecule has 96 valence electrons. The number of aromatic nitrogens is 1. The van der Waals surface area contributed by atoms with Gasteiger partial charge in [-0.05, 0) is 25.0 Å². The van der Waals surface area contributed by atoms with Crippen molar-refractivity contribution in [1.82, 2.24) is 4.98 Å². The molecule has 2 aromatic heterocycles. The van der Waals surface area contributed by atoms with Gasteiger partial charge in [0, 0.05) is 5.39 Å². The topological polar surface area (TPSA) is 83.3 Å². The maximum absolute atomic E-state index is 12.0. The van der Waals surface area contributed by atoms with Crippen molar-refractivity contribution in [3.63, 3.8) is 0 Å². The summed E-state index contributed by atoms with van der Waals surface area (Å²) in [6.45, 7) is 3.70. The summed E-state index contributed by atoms with van der Waals surface area (Å²) in [6.07, 6.45) is 0. The number of hydrogen-bond acceptors (Lipinski definition) is 4. The molecule has 19 heavy (non-hydrogen) atoms. The number of nitrogens with one attached hydrogen (secondary N) is 1. The molecule has 0 aliphatic heterocycles. The highest BCUT2D eigenvalue weighted by Crippen LogP contribution is 2.29. The number of benzene rings is 1. The Morgan fingerprint density at radius 3 is 2.53 bits per heavy atom. The highest BCUT2D eigenvalue weighted by molar-refractivity contribution is 6.06. The third-order valence-corrected chi connectivity index (χ3v) is 3.26. The molecule has 5 nitrogen and oxygen atoms in total. The van der Waals surface area contributed by atoms with Crippen LogP contribution in [0.15, 0.2) is 32.2 Å². The number of fused-ring (bicyclic) bond motifs is 3. The van der Waals surface area contributed by atoms with Crippen LogP contribution in [0.3, 0.4) is 0 Å². The van der Waals surface area contributed by atoms with Gasteiger partial charge in [-0.2, -0.15) is 0 Å². The van der Waals surface area contributed by atoms with Crippen molar-refractivity contribution < 1.29 is 9.52 Å². The first-order chi connectivity index (χ1) is 8.99. The molecule has 0 saturated heterocycles. The fraction of sp³-hybridized carbons (Fsp3) is 0.143. The van der Waals surface area contributed by atoms with Gasteiger partial charge in [-0.25, -0.2) is 4.79 Å². The van der Waals surface area contributed by atoms with E-state index >= 15 is 0 Å². The predicted octanol–water partition coefficient (Wildman–Crippen LogP) is 1.96. The van der Waals surface area contributed by atoms with Crippen LogP contribution < -0.4 is 11.2 Å². The zero-order valence-electron chi connectivity index (χ0n) is 10.4. The van der Waals surface area contributed by atoms with Crippen LogP contribution in [0, 0.1) is 13.8 Å². The normalized spacial score (nSPS) is 11.3. The van der Waals surface area contributed by atoms with E-state index in [0.29, 0.717) is 10.9 Å². The number of pyridine rings is 1.